The standard InChI is InChI=1S/C13H24N2O3/c1-9(2)12-10(3-5-18-12)7-15-13(16)11-8-14-4-6-17-11/h9-12,14H,3-8H2,1-2H3,(H,15,16). The summed E-state index contributed by atoms with van der Waals surface area (Å²) in [6.07, 6.45) is 0.974. The van der Waals surface area contributed by atoms with Gasteiger partial charge in [-0.15, -0.1) is 0 Å². The number of carbonyl (C=O) groups excluding carboxylic acids is 1. The van der Waals surface area contributed by atoms with Crippen molar-refractivity contribution < 1.29 is 14.3 Å². The molecule has 18 heavy (non-hydrogen) atoms. The van der Waals surface area contributed by atoms with Crippen LogP contribution in [0.5, 0.6) is 0 Å². The second-order valence-corrected chi connectivity index (χ2v) is 5.44. The van der Waals surface area contributed by atoms with E-state index in [4.69, 9.17) is 9.47 Å². The highest BCUT2D eigenvalue weighted by molar-refractivity contribution is 5.81. The van der Waals surface area contributed by atoms with Crippen LogP contribution in [-0.2, 0) is 14.3 Å². The second kappa shape index (κ2) is 6.50. The topological polar surface area (TPSA) is 59.6 Å². The predicted molar refractivity (Wildman–Crippen MR) is 68.3 cm³/mol. The molecular formula is C13H24N2O3. The maximum absolute atomic E-state index is 11.9. The highest BCUT2D eigenvalue weighted by atomic mass is 16.5. The number of hydrogen-bond donors (Lipinski definition) is 2. The van der Waals surface area contributed by atoms with Crippen LogP contribution >= 0.6 is 0 Å². The predicted octanol–water partition coefficient (Wildman–Crippen LogP) is 0.152. The number of carbonyl (C=O) groups is 1. The Kier molecular flexibility index (Phi) is 4.97. The van der Waals surface area contributed by atoms with E-state index in [2.05, 4.69) is 24.5 Å². The Hall–Kier alpha value is -0.650. The van der Waals surface area contributed by atoms with E-state index in [0.717, 1.165) is 19.6 Å². The minimum Gasteiger partial charge on any atom is -0.378 e. The zero-order valence-corrected chi connectivity index (χ0v) is 11.3. The normalized spacial score (nSPS) is 32.7. The third-order valence-corrected chi connectivity index (χ3v) is 3.68. The lowest BCUT2D eigenvalue weighted by atomic mass is 9.93. The van der Waals surface area contributed by atoms with Crippen molar-refractivity contribution >= 4 is 5.91 Å². The van der Waals surface area contributed by atoms with Crippen molar-refractivity contribution in [1.29, 1.82) is 0 Å². The molecule has 0 bridgehead atoms. The lowest BCUT2D eigenvalue weighted by Crippen LogP contribution is -2.49. The van der Waals surface area contributed by atoms with E-state index < -0.39 is 0 Å². The third-order valence-electron chi connectivity index (χ3n) is 3.68. The highest BCUT2D eigenvalue weighted by Gasteiger charge is 2.31. The molecule has 2 rings (SSSR count). The van der Waals surface area contributed by atoms with Gasteiger partial charge in [0.05, 0.1) is 12.7 Å². The molecule has 3 unspecified atom stereocenters. The van der Waals surface area contributed by atoms with Crippen molar-refractivity contribution in [3.05, 3.63) is 0 Å². The Bertz CT molecular complexity index is 277. The first kappa shape index (κ1) is 13.8. The maximum atomic E-state index is 11.9. The molecule has 2 heterocycles. The Morgan fingerprint density at radius 2 is 2.22 bits per heavy atom. The van der Waals surface area contributed by atoms with Crippen LogP contribution in [0.15, 0.2) is 0 Å². The van der Waals surface area contributed by atoms with Gasteiger partial charge in [0, 0.05) is 32.2 Å². The van der Waals surface area contributed by atoms with E-state index >= 15 is 0 Å². The number of amides is 1. The number of ether oxygens (including phenoxy) is 2. The van der Waals surface area contributed by atoms with Gasteiger partial charge in [-0.1, -0.05) is 13.8 Å². The second-order valence-electron chi connectivity index (χ2n) is 5.44. The SMILES string of the molecule is CC(C)C1OCCC1CNC(=O)C1CNCCO1. The Labute approximate surface area is 109 Å². The van der Waals surface area contributed by atoms with Gasteiger partial charge >= 0.3 is 0 Å². The van der Waals surface area contributed by atoms with E-state index in [0.29, 0.717) is 31.5 Å². The van der Waals surface area contributed by atoms with Crippen molar-refractivity contribution in [2.45, 2.75) is 32.5 Å². The summed E-state index contributed by atoms with van der Waals surface area (Å²) in [6.45, 7) is 7.89. The molecule has 5 nitrogen and oxygen atoms in total. The van der Waals surface area contributed by atoms with Gasteiger partial charge in [-0.2, -0.15) is 0 Å². The average Bonchev–Trinajstić information content (AvgIpc) is 2.85. The smallest absolute Gasteiger partial charge is 0.250 e. The summed E-state index contributed by atoms with van der Waals surface area (Å²) in [4.78, 5) is 11.9. The van der Waals surface area contributed by atoms with Gasteiger partial charge in [-0.05, 0) is 12.3 Å². The molecule has 2 N–H and O–H groups in total. The Morgan fingerprint density at radius 3 is 2.89 bits per heavy atom. The molecular weight excluding hydrogens is 232 g/mol. The fourth-order valence-corrected chi connectivity index (χ4v) is 2.69. The van der Waals surface area contributed by atoms with Gasteiger partial charge in [-0.3, -0.25) is 4.79 Å². The van der Waals surface area contributed by atoms with Crippen molar-refractivity contribution in [1.82, 2.24) is 10.6 Å². The van der Waals surface area contributed by atoms with Crippen LogP contribution in [0.2, 0.25) is 0 Å². The van der Waals surface area contributed by atoms with Crippen molar-refractivity contribution in [3.63, 3.8) is 0 Å². The van der Waals surface area contributed by atoms with E-state index in [9.17, 15) is 4.79 Å². The molecule has 0 aromatic heterocycles. The quantitative estimate of drug-likeness (QED) is 0.752. The van der Waals surface area contributed by atoms with Crippen LogP contribution in [0, 0.1) is 11.8 Å². The zero-order chi connectivity index (χ0) is 13.0. The summed E-state index contributed by atoms with van der Waals surface area (Å²) >= 11 is 0. The van der Waals surface area contributed by atoms with Crippen molar-refractivity contribution in [2.24, 2.45) is 11.8 Å². The lowest BCUT2D eigenvalue weighted by Gasteiger charge is -2.25. The molecule has 0 radical (unpaired) electrons. The first-order valence-electron chi connectivity index (χ1n) is 6.90. The minimum atomic E-state index is -0.335. The molecule has 2 aliphatic rings. The minimum absolute atomic E-state index is 0.00314. The van der Waals surface area contributed by atoms with E-state index in [1.807, 2.05) is 0 Å². The molecule has 2 aliphatic heterocycles. The number of hydrogen-bond acceptors (Lipinski definition) is 4. The summed E-state index contributed by atoms with van der Waals surface area (Å²) in [5, 5.41) is 6.16. The molecule has 2 fully saturated rings. The summed E-state index contributed by atoms with van der Waals surface area (Å²) in [5.41, 5.74) is 0. The first-order valence-corrected chi connectivity index (χ1v) is 6.90. The van der Waals surface area contributed by atoms with Gasteiger partial charge in [0.1, 0.15) is 6.10 Å². The number of nitrogens with one attached hydrogen (secondary N) is 2. The molecule has 2 saturated heterocycles. The van der Waals surface area contributed by atoms with Gasteiger partial charge < -0.3 is 20.1 Å². The molecule has 3 atom stereocenters. The summed E-state index contributed by atoms with van der Waals surface area (Å²) in [6, 6.07) is 0. The van der Waals surface area contributed by atoms with Crippen molar-refractivity contribution in [3.8, 4) is 0 Å². The van der Waals surface area contributed by atoms with E-state index in [1.54, 1.807) is 0 Å². The Balaban J connectivity index is 1.74. The zero-order valence-electron chi connectivity index (χ0n) is 11.3. The maximum Gasteiger partial charge on any atom is 0.250 e. The fourth-order valence-electron chi connectivity index (χ4n) is 2.69. The van der Waals surface area contributed by atoms with E-state index in [-0.39, 0.29) is 18.1 Å². The van der Waals surface area contributed by atoms with Crippen LogP contribution in [0.1, 0.15) is 20.3 Å². The molecule has 0 spiro atoms. The van der Waals surface area contributed by atoms with Crippen LogP contribution in [-0.4, -0.2) is 51.0 Å². The van der Waals surface area contributed by atoms with Gasteiger partial charge in [0.25, 0.3) is 0 Å². The average molecular weight is 256 g/mol. The molecule has 1 amide bonds. The van der Waals surface area contributed by atoms with Crippen LogP contribution in [0.25, 0.3) is 0 Å². The lowest BCUT2D eigenvalue weighted by molar-refractivity contribution is -0.134. The molecule has 5 heteroatoms. The molecule has 0 aromatic rings. The summed E-state index contributed by atoms with van der Waals surface area (Å²) < 4.78 is 11.1. The molecule has 0 aliphatic carbocycles. The monoisotopic (exact) mass is 256 g/mol. The van der Waals surface area contributed by atoms with Gasteiger partial charge in [0.15, 0.2) is 0 Å². The summed E-state index contributed by atoms with van der Waals surface area (Å²) in [7, 11) is 0. The van der Waals surface area contributed by atoms with Crippen LogP contribution in [0.3, 0.4) is 0 Å². The highest BCUT2D eigenvalue weighted by Crippen LogP contribution is 2.26. The van der Waals surface area contributed by atoms with Crippen LogP contribution < -0.4 is 10.6 Å². The molecule has 104 valence electrons. The summed E-state index contributed by atoms with van der Waals surface area (Å²) in [5.74, 6) is 0.934. The van der Waals surface area contributed by atoms with Crippen molar-refractivity contribution in [2.75, 3.05) is 32.8 Å². The molecule has 0 aromatic carbocycles. The van der Waals surface area contributed by atoms with Gasteiger partial charge in [-0.25, -0.2) is 0 Å². The first-order chi connectivity index (χ1) is 8.68. The van der Waals surface area contributed by atoms with E-state index in [1.165, 1.54) is 0 Å². The number of morpholine rings is 1. The third kappa shape index (κ3) is 3.43. The van der Waals surface area contributed by atoms with Gasteiger partial charge in [0.2, 0.25) is 5.91 Å². The largest absolute Gasteiger partial charge is 0.378 e. The number of rotatable bonds is 4. The fraction of sp³-hybridized carbons (Fsp3) is 0.923. The molecule has 0 saturated carbocycles. The Morgan fingerprint density at radius 1 is 1.39 bits per heavy atom. The van der Waals surface area contributed by atoms with Crippen LogP contribution in [0.4, 0.5) is 0 Å².